The number of anilines is 1. The number of amides is 2. The van der Waals surface area contributed by atoms with Crippen molar-refractivity contribution in [3.05, 3.63) is 23.1 Å². The molecule has 2 aromatic heterocycles. The SMILES string of the molecule is CC(C)(C)OC(=O)N(C(=O)OC(C)(C)C)c1ncc(Br)nc1-c1ccno1. The number of ether oxygens (including phenoxy) is 2. The Morgan fingerprint density at radius 2 is 1.63 bits per heavy atom. The van der Waals surface area contributed by atoms with Gasteiger partial charge in [-0.25, -0.2) is 19.6 Å². The zero-order valence-electron chi connectivity index (χ0n) is 15.9. The third kappa shape index (κ3) is 5.75. The van der Waals surface area contributed by atoms with Crippen molar-refractivity contribution in [2.45, 2.75) is 52.7 Å². The van der Waals surface area contributed by atoms with Gasteiger partial charge >= 0.3 is 12.2 Å². The number of aromatic nitrogens is 3. The van der Waals surface area contributed by atoms with Crippen LogP contribution >= 0.6 is 15.9 Å². The Morgan fingerprint density at radius 3 is 2.07 bits per heavy atom. The van der Waals surface area contributed by atoms with Crippen molar-refractivity contribution < 1.29 is 23.6 Å². The molecule has 146 valence electrons. The predicted molar refractivity (Wildman–Crippen MR) is 100 cm³/mol. The van der Waals surface area contributed by atoms with E-state index in [1.165, 1.54) is 18.5 Å². The van der Waals surface area contributed by atoms with E-state index < -0.39 is 23.4 Å². The molecule has 0 aliphatic heterocycles. The van der Waals surface area contributed by atoms with Gasteiger partial charge < -0.3 is 14.0 Å². The summed E-state index contributed by atoms with van der Waals surface area (Å²) < 4.78 is 16.2. The quantitative estimate of drug-likeness (QED) is 0.667. The van der Waals surface area contributed by atoms with E-state index in [9.17, 15) is 9.59 Å². The first-order valence-corrected chi connectivity index (χ1v) is 8.86. The minimum absolute atomic E-state index is 0.0987. The molecule has 0 saturated heterocycles. The molecule has 0 atom stereocenters. The second kappa shape index (κ2) is 7.63. The Hall–Kier alpha value is -2.49. The number of imide groups is 1. The zero-order valence-corrected chi connectivity index (χ0v) is 17.5. The van der Waals surface area contributed by atoms with Crippen LogP contribution in [0.15, 0.2) is 27.6 Å². The number of hydrogen-bond acceptors (Lipinski definition) is 8. The Kier molecular flexibility index (Phi) is 5.88. The van der Waals surface area contributed by atoms with Crippen LogP contribution in [0.1, 0.15) is 41.5 Å². The van der Waals surface area contributed by atoms with Crippen molar-refractivity contribution in [1.82, 2.24) is 15.1 Å². The molecule has 0 spiro atoms. The molecule has 0 saturated carbocycles. The highest BCUT2D eigenvalue weighted by molar-refractivity contribution is 9.10. The van der Waals surface area contributed by atoms with Gasteiger partial charge in [0.15, 0.2) is 17.3 Å². The van der Waals surface area contributed by atoms with Crippen molar-refractivity contribution in [3.63, 3.8) is 0 Å². The van der Waals surface area contributed by atoms with E-state index in [0.29, 0.717) is 9.50 Å². The Balaban J connectivity index is 2.57. The van der Waals surface area contributed by atoms with E-state index in [1.54, 1.807) is 41.5 Å². The number of halogens is 1. The smallest absolute Gasteiger partial charge is 0.425 e. The van der Waals surface area contributed by atoms with E-state index in [2.05, 4.69) is 31.1 Å². The average molecular weight is 441 g/mol. The van der Waals surface area contributed by atoms with E-state index in [4.69, 9.17) is 14.0 Å². The highest BCUT2D eigenvalue weighted by Crippen LogP contribution is 2.30. The van der Waals surface area contributed by atoms with Gasteiger partial charge in [0.05, 0.1) is 12.4 Å². The summed E-state index contributed by atoms with van der Waals surface area (Å²) in [6.45, 7) is 10.1. The van der Waals surface area contributed by atoms with Crippen molar-refractivity contribution in [2.24, 2.45) is 0 Å². The molecule has 0 aliphatic rings. The molecule has 0 fully saturated rings. The van der Waals surface area contributed by atoms with Gasteiger partial charge in [-0.1, -0.05) is 5.16 Å². The second-order valence-corrected chi connectivity index (χ2v) is 8.35. The van der Waals surface area contributed by atoms with Crippen LogP contribution in [0.2, 0.25) is 0 Å². The molecule has 2 heterocycles. The maximum Gasteiger partial charge on any atom is 0.425 e. The summed E-state index contributed by atoms with van der Waals surface area (Å²) in [5.41, 5.74) is -1.56. The Labute approximate surface area is 165 Å². The highest BCUT2D eigenvalue weighted by atomic mass is 79.9. The third-order valence-electron chi connectivity index (χ3n) is 2.76. The first kappa shape index (κ1) is 20.8. The molecule has 0 unspecified atom stereocenters. The monoisotopic (exact) mass is 440 g/mol. The number of rotatable bonds is 2. The summed E-state index contributed by atoms with van der Waals surface area (Å²) in [7, 11) is 0. The number of nitrogens with zero attached hydrogens (tertiary/aromatic N) is 4. The first-order chi connectivity index (χ1) is 12.4. The molecule has 9 nitrogen and oxygen atoms in total. The van der Waals surface area contributed by atoms with Gasteiger partial charge in [0.1, 0.15) is 15.8 Å². The lowest BCUT2D eigenvalue weighted by Gasteiger charge is -2.28. The van der Waals surface area contributed by atoms with Crippen LogP contribution in [-0.4, -0.2) is 38.5 Å². The fourth-order valence-electron chi connectivity index (χ4n) is 1.89. The van der Waals surface area contributed by atoms with Crippen molar-refractivity contribution in [3.8, 4) is 11.5 Å². The number of carbonyl (C=O) groups is 2. The van der Waals surface area contributed by atoms with Crippen LogP contribution in [0.5, 0.6) is 0 Å². The van der Waals surface area contributed by atoms with E-state index in [0.717, 1.165) is 0 Å². The molecular formula is C17H21BrN4O5. The van der Waals surface area contributed by atoms with Gasteiger partial charge in [-0.3, -0.25) is 0 Å². The molecule has 0 N–H and O–H groups in total. The fourth-order valence-corrected chi connectivity index (χ4v) is 2.17. The van der Waals surface area contributed by atoms with Crippen LogP contribution in [-0.2, 0) is 9.47 Å². The maximum atomic E-state index is 12.8. The van der Waals surface area contributed by atoms with E-state index in [1.807, 2.05) is 0 Å². The van der Waals surface area contributed by atoms with Crippen molar-refractivity contribution in [2.75, 3.05) is 4.90 Å². The van der Waals surface area contributed by atoms with Crippen LogP contribution in [0.25, 0.3) is 11.5 Å². The van der Waals surface area contributed by atoms with Gasteiger partial charge in [0.25, 0.3) is 0 Å². The van der Waals surface area contributed by atoms with Crippen molar-refractivity contribution in [1.29, 1.82) is 0 Å². The summed E-state index contributed by atoms with van der Waals surface area (Å²) in [6.07, 6.45) is 0.854. The van der Waals surface area contributed by atoms with Gasteiger partial charge in [0, 0.05) is 6.07 Å². The van der Waals surface area contributed by atoms with E-state index in [-0.39, 0.29) is 17.3 Å². The number of carbonyl (C=O) groups excluding carboxylic acids is 2. The minimum atomic E-state index is -0.950. The standard InChI is InChI=1S/C17H21BrN4O5/c1-16(2,3)25-14(23)22(15(24)26-17(4,5)6)13-12(10-7-8-20-27-10)21-11(18)9-19-13/h7-9H,1-6H3. The molecule has 2 amide bonds. The molecule has 0 radical (unpaired) electrons. The van der Waals surface area contributed by atoms with Crippen LogP contribution in [0.4, 0.5) is 15.4 Å². The molecule has 0 aromatic carbocycles. The Morgan fingerprint density at radius 1 is 1.07 bits per heavy atom. The summed E-state index contributed by atoms with van der Waals surface area (Å²) in [6, 6.07) is 1.53. The number of hydrogen-bond donors (Lipinski definition) is 0. The summed E-state index contributed by atoms with van der Waals surface area (Å²) in [5, 5.41) is 3.63. The fraction of sp³-hybridized carbons (Fsp3) is 0.471. The summed E-state index contributed by atoms with van der Waals surface area (Å²) in [5.74, 6) is 0.120. The lowest BCUT2D eigenvalue weighted by Crippen LogP contribution is -2.44. The summed E-state index contributed by atoms with van der Waals surface area (Å²) >= 11 is 3.22. The van der Waals surface area contributed by atoms with Crippen molar-refractivity contribution >= 4 is 33.9 Å². The largest absolute Gasteiger partial charge is 0.443 e. The van der Waals surface area contributed by atoms with Gasteiger partial charge in [-0.15, -0.1) is 0 Å². The molecule has 2 aromatic rings. The van der Waals surface area contributed by atoms with Crippen LogP contribution in [0, 0.1) is 0 Å². The minimum Gasteiger partial charge on any atom is -0.443 e. The second-order valence-electron chi connectivity index (χ2n) is 7.54. The molecule has 10 heteroatoms. The van der Waals surface area contributed by atoms with Gasteiger partial charge in [-0.2, -0.15) is 4.90 Å². The van der Waals surface area contributed by atoms with Gasteiger partial charge in [-0.05, 0) is 57.5 Å². The van der Waals surface area contributed by atoms with Gasteiger partial charge in [0.2, 0.25) is 0 Å². The van der Waals surface area contributed by atoms with E-state index >= 15 is 0 Å². The molecule has 2 rings (SSSR count). The zero-order chi connectivity index (χ0) is 20.4. The molecular weight excluding hydrogens is 420 g/mol. The van der Waals surface area contributed by atoms with Crippen LogP contribution in [0.3, 0.4) is 0 Å². The lowest BCUT2D eigenvalue weighted by atomic mass is 10.2. The third-order valence-corrected chi connectivity index (χ3v) is 3.14. The highest BCUT2D eigenvalue weighted by Gasteiger charge is 2.36. The topological polar surface area (TPSA) is 108 Å². The average Bonchev–Trinajstić information content (AvgIpc) is 2.99. The van der Waals surface area contributed by atoms with Crippen LogP contribution < -0.4 is 4.90 Å². The molecule has 0 aliphatic carbocycles. The molecule has 0 bridgehead atoms. The molecule has 27 heavy (non-hydrogen) atoms. The Bertz CT molecular complexity index is 797. The first-order valence-electron chi connectivity index (χ1n) is 8.07. The summed E-state index contributed by atoms with van der Waals surface area (Å²) in [4.78, 5) is 34.7. The maximum absolute atomic E-state index is 12.8. The normalized spacial score (nSPS) is 11.8. The predicted octanol–water partition coefficient (Wildman–Crippen LogP) is 4.57. The lowest BCUT2D eigenvalue weighted by molar-refractivity contribution is 0.0429.